The fourth-order valence-electron chi connectivity index (χ4n) is 1.69. The van der Waals surface area contributed by atoms with Gasteiger partial charge in [0.1, 0.15) is 11.6 Å². The molecule has 0 bridgehead atoms. The van der Waals surface area contributed by atoms with Crippen LogP contribution in [-0.2, 0) is 0 Å². The van der Waals surface area contributed by atoms with Crippen LogP contribution < -0.4 is 5.32 Å². The minimum atomic E-state index is -0.578. The lowest BCUT2D eigenvalue weighted by atomic mass is 10.1. The van der Waals surface area contributed by atoms with Crippen LogP contribution in [0.1, 0.15) is 11.1 Å². The van der Waals surface area contributed by atoms with Crippen molar-refractivity contribution in [2.24, 2.45) is 0 Å². The number of benzene rings is 2. The Kier molecular flexibility index (Phi) is 3.87. The summed E-state index contributed by atoms with van der Waals surface area (Å²) in [4.78, 5) is 10.3. The molecule has 2 aromatic carbocycles. The van der Waals surface area contributed by atoms with E-state index in [-0.39, 0.29) is 11.3 Å². The number of hydrogen-bond acceptors (Lipinski definition) is 4. The van der Waals surface area contributed by atoms with Gasteiger partial charge in [0.15, 0.2) is 0 Å². The summed E-state index contributed by atoms with van der Waals surface area (Å²) in [5.41, 5.74) is 2.00. The van der Waals surface area contributed by atoms with Crippen LogP contribution in [0, 0.1) is 28.4 Å². The molecule has 0 aliphatic carbocycles. The Labute approximate surface area is 120 Å². The van der Waals surface area contributed by atoms with Crippen LogP contribution in [0.5, 0.6) is 0 Å². The third-order valence-electron chi connectivity index (χ3n) is 2.78. The molecule has 1 N–H and O–H groups in total. The van der Waals surface area contributed by atoms with Crippen molar-refractivity contribution in [3.05, 3.63) is 62.7 Å². The highest BCUT2D eigenvalue weighted by molar-refractivity contribution is 6.31. The van der Waals surface area contributed by atoms with Crippen LogP contribution in [0.4, 0.5) is 17.1 Å². The molecule has 2 aromatic rings. The number of nitro groups is 1. The van der Waals surface area contributed by atoms with Gasteiger partial charge in [0.25, 0.3) is 5.69 Å². The standard InChI is InChI=1S/C14H10ClN3O2/c1-9-2-4-11(6-13(9)15)17-12-5-3-10(8-16)14(7-12)18(19)20/h2-7,17H,1H3. The van der Waals surface area contributed by atoms with E-state index in [4.69, 9.17) is 16.9 Å². The van der Waals surface area contributed by atoms with E-state index in [9.17, 15) is 10.1 Å². The number of rotatable bonds is 3. The van der Waals surface area contributed by atoms with Crippen LogP contribution in [0.25, 0.3) is 0 Å². The van der Waals surface area contributed by atoms with Crippen molar-refractivity contribution in [1.82, 2.24) is 0 Å². The Balaban J connectivity index is 2.34. The van der Waals surface area contributed by atoms with Crippen LogP contribution in [-0.4, -0.2) is 4.92 Å². The summed E-state index contributed by atoms with van der Waals surface area (Å²) >= 11 is 6.02. The van der Waals surface area contributed by atoms with Crippen molar-refractivity contribution in [2.75, 3.05) is 5.32 Å². The smallest absolute Gasteiger partial charge is 0.289 e. The van der Waals surface area contributed by atoms with Crippen molar-refractivity contribution >= 4 is 28.7 Å². The van der Waals surface area contributed by atoms with Crippen molar-refractivity contribution in [1.29, 1.82) is 5.26 Å². The number of hydrogen-bond donors (Lipinski definition) is 1. The molecule has 2 rings (SSSR count). The molecular weight excluding hydrogens is 278 g/mol. The predicted octanol–water partition coefficient (Wildman–Crippen LogP) is 4.17. The summed E-state index contributed by atoms with van der Waals surface area (Å²) < 4.78 is 0. The van der Waals surface area contributed by atoms with Crippen LogP contribution in [0.3, 0.4) is 0 Å². The molecule has 100 valence electrons. The lowest BCUT2D eigenvalue weighted by Crippen LogP contribution is -1.96. The molecule has 0 unspecified atom stereocenters. The van der Waals surface area contributed by atoms with Gasteiger partial charge in [-0.1, -0.05) is 17.7 Å². The van der Waals surface area contributed by atoms with Gasteiger partial charge in [-0.2, -0.15) is 5.26 Å². The third kappa shape index (κ3) is 2.87. The summed E-state index contributed by atoms with van der Waals surface area (Å²) in [6.07, 6.45) is 0. The largest absolute Gasteiger partial charge is 0.355 e. The molecule has 0 saturated heterocycles. The van der Waals surface area contributed by atoms with Gasteiger partial charge in [0.05, 0.1) is 4.92 Å². The minimum Gasteiger partial charge on any atom is -0.355 e. The fraction of sp³-hybridized carbons (Fsp3) is 0.0714. The topological polar surface area (TPSA) is 79.0 Å². The second-order valence-electron chi connectivity index (χ2n) is 4.19. The minimum absolute atomic E-state index is 0.0301. The van der Waals surface area contributed by atoms with E-state index in [0.29, 0.717) is 10.7 Å². The average Bonchev–Trinajstić information content (AvgIpc) is 2.43. The quantitative estimate of drug-likeness (QED) is 0.678. The first-order valence-corrected chi connectivity index (χ1v) is 6.11. The van der Waals surface area contributed by atoms with E-state index in [0.717, 1.165) is 11.3 Å². The number of aryl methyl sites for hydroxylation is 1. The molecule has 0 aromatic heterocycles. The van der Waals surface area contributed by atoms with E-state index in [2.05, 4.69) is 5.32 Å². The van der Waals surface area contributed by atoms with Crippen LogP contribution in [0.15, 0.2) is 36.4 Å². The van der Waals surface area contributed by atoms with Gasteiger partial charge in [0.2, 0.25) is 0 Å². The van der Waals surface area contributed by atoms with Gasteiger partial charge in [-0.05, 0) is 36.8 Å². The zero-order chi connectivity index (χ0) is 14.7. The molecule has 0 fully saturated rings. The van der Waals surface area contributed by atoms with Crippen molar-refractivity contribution in [2.45, 2.75) is 6.92 Å². The molecule has 0 aliphatic heterocycles. The van der Waals surface area contributed by atoms with Gasteiger partial charge in [-0.25, -0.2) is 0 Å². The number of nitriles is 1. The fourth-order valence-corrected chi connectivity index (χ4v) is 1.87. The summed E-state index contributed by atoms with van der Waals surface area (Å²) in [6, 6.07) is 11.6. The number of nitrogens with zero attached hydrogens (tertiary/aromatic N) is 2. The number of anilines is 2. The number of nitrogens with one attached hydrogen (secondary N) is 1. The van der Waals surface area contributed by atoms with Gasteiger partial charge in [0, 0.05) is 22.5 Å². The summed E-state index contributed by atoms with van der Waals surface area (Å²) in [5.74, 6) is 0. The van der Waals surface area contributed by atoms with Gasteiger partial charge < -0.3 is 5.32 Å². The molecule has 0 atom stereocenters. The van der Waals surface area contributed by atoms with E-state index in [1.807, 2.05) is 19.1 Å². The van der Waals surface area contributed by atoms with Gasteiger partial charge in [-0.15, -0.1) is 0 Å². The van der Waals surface area contributed by atoms with Crippen LogP contribution in [0.2, 0.25) is 5.02 Å². The highest BCUT2D eigenvalue weighted by Crippen LogP contribution is 2.27. The average molecular weight is 288 g/mol. The maximum absolute atomic E-state index is 10.9. The lowest BCUT2D eigenvalue weighted by Gasteiger charge is -2.08. The molecular formula is C14H10ClN3O2. The Bertz CT molecular complexity index is 723. The molecule has 0 radical (unpaired) electrons. The first-order valence-electron chi connectivity index (χ1n) is 5.73. The maximum Gasteiger partial charge on any atom is 0.289 e. The monoisotopic (exact) mass is 287 g/mol. The number of halogens is 1. The molecule has 0 heterocycles. The molecule has 0 aliphatic rings. The van der Waals surface area contributed by atoms with Crippen LogP contribution >= 0.6 is 11.6 Å². The second kappa shape index (κ2) is 5.59. The second-order valence-corrected chi connectivity index (χ2v) is 4.60. The maximum atomic E-state index is 10.9. The Morgan fingerprint density at radius 2 is 1.90 bits per heavy atom. The number of nitro benzene ring substituents is 1. The molecule has 0 amide bonds. The first kappa shape index (κ1) is 13.8. The van der Waals surface area contributed by atoms with Crippen molar-refractivity contribution in [3.8, 4) is 6.07 Å². The highest BCUT2D eigenvalue weighted by atomic mass is 35.5. The SMILES string of the molecule is Cc1ccc(Nc2ccc(C#N)c([N+](=O)[O-])c2)cc1Cl. The molecule has 5 nitrogen and oxygen atoms in total. The zero-order valence-electron chi connectivity index (χ0n) is 10.6. The Morgan fingerprint density at radius 1 is 1.25 bits per heavy atom. The third-order valence-corrected chi connectivity index (χ3v) is 3.18. The molecule has 0 saturated carbocycles. The Morgan fingerprint density at radius 3 is 2.50 bits per heavy atom. The summed E-state index contributed by atoms with van der Waals surface area (Å²) in [5, 5.41) is 23.3. The predicted molar refractivity (Wildman–Crippen MR) is 77.3 cm³/mol. The molecule has 0 spiro atoms. The highest BCUT2D eigenvalue weighted by Gasteiger charge is 2.14. The van der Waals surface area contributed by atoms with Crippen molar-refractivity contribution in [3.63, 3.8) is 0 Å². The Hall–Kier alpha value is -2.58. The summed E-state index contributed by atoms with van der Waals surface area (Å²) in [7, 11) is 0. The first-order chi connectivity index (χ1) is 9.51. The lowest BCUT2D eigenvalue weighted by molar-refractivity contribution is -0.385. The van der Waals surface area contributed by atoms with E-state index >= 15 is 0 Å². The van der Waals surface area contributed by atoms with E-state index in [1.165, 1.54) is 12.1 Å². The van der Waals surface area contributed by atoms with Gasteiger partial charge >= 0.3 is 0 Å². The van der Waals surface area contributed by atoms with E-state index in [1.54, 1.807) is 18.2 Å². The van der Waals surface area contributed by atoms with E-state index < -0.39 is 4.92 Å². The summed E-state index contributed by atoms with van der Waals surface area (Å²) in [6.45, 7) is 1.89. The van der Waals surface area contributed by atoms with Crippen molar-refractivity contribution < 1.29 is 4.92 Å². The molecule has 20 heavy (non-hydrogen) atoms. The molecule has 6 heteroatoms. The normalized spacial score (nSPS) is 9.85. The van der Waals surface area contributed by atoms with Gasteiger partial charge in [-0.3, -0.25) is 10.1 Å². The zero-order valence-corrected chi connectivity index (χ0v) is 11.3.